The predicted molar refractivity (Wildman–Crippen MR) is 167 cm³/mol. The molecule has 3 rings (SSSR count). The Balaban J connectivity index is 1.51. The summed E-state index contributed by atoms with van der Waals surface area (Å²) in [5, 5.41) is 4.85. The molecule has 0 amide bonds. The summed E-state index contributed by atoms with van der Waals surface area (Å²) in [4.78, 5) is 21.3. The second-order valence-electron chi connectivity index (χ2n) is 10.3. The molecule has 0 bridgehead atoms. The van der Waals surface area contributed by atoms with Crippen LogP contribution in [-0.4, -0.2) is 110 Å². The van der Waals surface area contributed by atoms with E-state index in [9.17, 15) is 0 Å². The second-order valence-corrected chi connectivity index (χ2v) is 11.5. The summed E-state index contributed by atoms with van der Waals surface area (Å²) in [6.45, 7) is 16.4. The minimum absolute atomic E-state index is 0.171. The molecule has 0 spiro atoms. The number of unbranched alkanes of at least 4 members (excludes halogenated alkanes) is 1. The van der Waals surface area contributed by atoms with Gasteiger partial charge in [0.05, 0.1) is 30.3 Å². The Hall–Kier alpha value is -2.20. The number of anilines is 1. The summed E-state index contributed by atoms with van der Waals surface area (Å²) in [7, 11) is 4.19. The van der Waals surface area contributed by atoms with Crippen LogP contribution in [0, 0.1) is 6.92 Å². The SMILES string of the molecule is CC=CC(=CCCCOC(N=CCC)=NCC(C1Nc2ccc(C)nc2S1)N(C)C)CN1CCN(CC)CC1. The Kier molecular flexibility index (Phi) is 13.5. The van der Waals surface area contributed by atoms with Crippen LogP contribution in [0.15, 0.2) is 50.9 Å². The van der Waals surface area contributed by atoms with Gasteiger partial charge in [-0.3, -0.25) is 4.90 Å². The fourth-order valence-corrected chi connectivity index (χ4v) is 6.02. The highest BCUT2D eigenvalue weighted by atomic mass is 32.2. The summed E-state index contributed by atoms with van der Waals surface area (Å²) in [6.07, 6.45) is 11.4. The van der Waals surface area contributed by atoms with Crippen LogP contribution in [0.25, 0.3) is 0 Å². The summed E-state index contributed by atoms with van der Waals surface area (Å²) >= 11 is 1.77. The van der Waals surface area contributed by atoms with Gasteiger partial charge in [-0.15, -0.1) is 0 Å². The molecule has 1 saturated heterocycles. The van der Waals surface area contributed by atoms with E-state index in [4.69, 9.17) is 9.73 Å². The number of amidine groups is 1. The van der Waals surface area contributed by atoms with E-state index in [1.165, 1.54) is 18.7 Å². The molecule has 8 nitrogen and oxygen atoms in total. The lowest BCUT2D eigenvalue weighted by Gasteiger charge is -2.34. The van der Waals surface area contributed by atoms with Crippen molar-refractivity contribution < 1.29 is 4.74 Å². The summed E-state index contributed by atoms with van der Waals surface area (Å²) < 4.78 is 6.06. The normalized spacial score (nSPS) is 20.2. The smallest absolute Gasteiger partial charge is 0.311 e. The molecule has 2 aliphatic heterocycles. The van der Waals surface area contributed by atoms with Gasteiger partial charge in [0.25, 0.3) is 0 Å². The average Bonchev–Trinajstić information content (AvgIpc) is 3.34. The molecule has 1 N–H and O–H groups in total. The van der Waals surface area contributed by atoms with E-state index < -0.39 is 0 Å². The first-order valence-electron chi connectivity index (χ1n) is 14.5. The monoisotopic (exact) mass is 555 g/mol. The number of fused-ring (bicyclic) bond motifs is 1. The van der Waals surface area contributed by atoms with E-state index in [0.717, 1.165) is 61.8 Å². The van der Waals surface area contributed by atoms with Gasteiger partial charge in [-0.2, -0.15) is 0 Å². The van der Waals surface area contributed by atoms with E-state index in [-0.39, 0.29) is 11.4 Å². The van der Waals surface area contributed by atoms with E-state index >= 15 is 0 Å². The Labute approximate surface area is 240 Å². The lowest BCUT2D eigenvalue weighted by molar-refractivity contribution is 0.146. The number of likely N-dealkylation sites (N-methyl/N-ethyl adjacent to an activating group) is 2. The molecular formula is C30H49N7OS. The number of rotatable bonds is 13. The Morgan fingerprint density at radius 2 is 2.00 bits per heavy atom. The molecule has 1 aromatic rings. The Morgan fingerprint density at radius 3 is 2.69 bits per heavy atom. The van der Waals surface area contributed by atoms with Gasteiger partial charge in [0.15, 0.2) is 0 Å². The van der Waals surface area contributed by atoms with Crippen molar-refractivity contribution in [2.45, 2.75) is 63.4 Å². The molecule has 39 heavy (non-hydrogen) atoms. The third-order valence-corrected chi connectivity index (χ3v) is 8.25. The zero-order valence-electron chi connectivity index (χ0n) is 24.9. The summed E-state index contributed by atoms with van der Waals surface area (Å²) in [6, 6.07) is 4.81. The van der Waals surface area contributed by atoms with Crippen LogP contribution < -0.4 is 5.32 Å². The van der Waals surface area contributed by atoms with E-state index in [1.807, 2.05) is 19.2 Å². The number of thioether (sulfide) groups is 1. The number of aliphatic imine (C=N–C) groups is 2. The van der Waals surface area contributed by atoms with Gasteiger partial charge in [-0.05, 0) is 71.5 Å². The molecule has 0 saturated carbocycles. The number of piperazine rings is 1. The quantitative estimate of drug-likeness (QED) is 0.160. The van der Waals surface area contributed by atoms with Crippen LogP contribution in [0.1, 0.15) is 45.7 Å². The van der Waals surface area contributed by atoms with Gasteiger partial charge < -0.3 is 19.9 Å². The molecule has 0 aliphatic carbocycles. The maximum atomic E-state index is 6.06. The molecule has 0 aromatic carbocycles. The largest absolute Gasteiger partial charge is 0.464 e. The van der Waals surface area contributed by atoms with Crippen molar-refractivity contribution in [3.8, 4) is 0 Å². The zero-order valence-corrected chi connectivity index (χ0v) is 25.7. The number of hydrogen-bond acceptors (Lipinski definition) is 8. The highest BCUT2D eigenvalue weighted by Gasteiger charge is 2.31. The first-order valence-corrected chi connectivity index (χ1v) is 15.3. The number of pyridine rings is 1. The molecule has 2 aliphatic rings. The minimum Gasteiger partial charge on any atom is -0.464 e. The minimum atomic E-state index is 0.171. The molecule has 2 atom stereocenters. The number of ether oxygens (including phenoxy) is 1. The zero-order chi connectivity index (χ0) is 28.0. The number of nitrogens with zero attached hydrogens (tertiary/aromatic N) is 6. The van der Waals surface area contributed by atoms with Gasteiger partial charge >= 0.3 is 6.02 Å². The van der Waals surface area contributed by atoms with E-state index in [2.05, 4.69) is 89.2 Å². The third-order valence-electron chi connectivity index (χ3n) is 7.03. The van der Waals surface area contributed by atoms with Gasteiger partial charge in [-0.1, -0.05) is 43.8 Å². The standard InChI is InChI=1S/C30H49N7OS/c1-7-12-25(23-37-19-17-36(9-3)18-20-37)13-10-11-21-38-30(31-16-8-2)32-22-27(35(5)6)29-34-26-15-14-24(4)33-28(26)39-29/h7,12-16,27,29,34H,8-11,17-23H2,1-6H3. The van der Waals surface area contributed by atoms with Gasteiger partial charge in [0.2, 0.25) is 0 Å². The van der Waals surface area contributed by atoms with Crippen molar-refractivity contribution in [2.24, 2.45) is 9.98 Å². The van der Waals surface area contributed by atoms with Crippen molar-refractivity contribution in [3.05, 3.63) is 41.6 Å². The molecule has 216 valence electrons. The van der Waals surface area contributed by atoms with E-state index in [0.29, 0.717) is 19.2 Å². The number of allylic oxidation sites excluding steroid dienone is 2. The van der Waals surface area contributed by atoms with Crippen LogP contribution in [0.2, 0.25) is 0 Å². The Bertz CT molecular complexity index is 999. The average molecular weight is 556 g/mol. The van der Waals surface area contributed by atoms with Crippen LogP contribution in [0.4, 0.5) is 5.69 Å². The maximum Gasteiger partial charge on any atom is 0.311 e. The first kappa shape index (κ1) is 31.3. The topological polar surface area (TPSA) is 68.6 Å². The first-order chi connectivity index (χ1) is 18.9. The number of aryl methyl sites for hydroxylation is 1. The van der Waals surface area contributed by atoms with Crippen molar-refractivity contribution in [2.75, 3.05) is 71.8 Å². The molecule has 2 unspecified atom stereocenters. The fourth-order valence-electron chi connectivity index (χ4n) is 4.66. The Morgan fingerprint density at radius 1 is 1.23 bits per heavy atom. The highest BCUT2D eigenvalue weighted by molar-refractivity contribution is 8.00. The van der Waals surface area contributed by atoms with Crippen molar-refractivity contribution >= 4 is 29.7 Å². The van der Waals surface area contributed by atoms with Crippen LogP contribution >= 0.6 is 11.8 Å². The van der Waals surface area contributed by atoms with Crippen LogP contribution in [0.5, 0.6) is 0 Å². The fraction of sp³-hybridized carbons (Fsp3) is 0.633. The van der Waals surface area contributed by atoms with Gasteiger partial charge in [-0.25, -0.2) is 15.0 Å². The lowest BCUT2D eigenvalue weighted by Crippen LogP contribution is -2.46. The molecule has 3 heterocycles. The van der Waals surface area contributed by atoms with Gasteiger partial charge in [0.1, 0.15) is 5.03 Å². The van der Waals surface area contributed by atoms with Crippen molar-refractivity contribution in [1.29, 1.82) is 0 Å². The molecular weight excluding hydrogens is 506 g/mol. The molecule has 1 fully saturated rings. The predicted octanol–water partition coefficient (Wildman–Crippen LogP) is 4.94. The molecule has 0 radical (unpaired) electrons. The van der Waals surface area contributed by atoms with Gasteiger partial charge in [0, 0.05) is 44.6 Å². The number of nitrogens with one attached hydrogen (secondary N) is 1. The lowest BCUT2D eigenvalue weighted by atomic mass is 10.1. The number of aromatic nitrogens is 1. The van der Waals surface area contributed by atoms with Crippen LogP contribution in [-0.2, 0) is 4.74 Å². The molecule has 9 heteroatoms. The third kappa shape index (κ3) is 10.4. The molecule has 1 aromatic heterocycles. The van der Waals surface area contributed by atoms with Crippen molar-refractivity contribution in [3.63, 3.8) is 0 Å². The number of hydrogen-bond donors (Lipinski definition) is 1. The highest BCUT2D eigenvalue weighted by Crippen LogP contribution is 2.39. The van der Waals surface area contributed by atoms with Crippen molar-refractivity contribution in [1.82, 2.24) is 19.7 Å². The van der Waals surface area contributed by atoms with E-state index in [1.54, 1.807) is 11.8 Å². The maximum absolute atomic E-state index is 6.06. The second kappa shape index (κ2) is 16.8. The van der Waals surface area contributed by atoms with Crippen LogP contribution in [0.3, 0.4) is 0 Å². The summed E-state index contributed by atoms with van der Waals surface area (Å²) in [5.74, 6) is 0. The summed E-state index contributed by atoms with van der Waals surface area (Å²) in [5.41, 5.74) is 3.53.